The SMILES string of the molecule is CC1(C)CNc2cc(Cl)c(Cl)c(Cl)c21. The Balaban J connectivity index is 2.73. The molecule has 2 rings (SSSR count). The third-order valence-corrected chi connectivity index (χ3v) is 3.82. The van der Waals surface area contributed by atoms with E-state index < -0.39 is 0 Å². The summed E-state index contributed by atoms with van der Waals surface area (Å²) in [6, 6.07) is 1.83. The Hall–Kier alpha value is -0.110. The normalized spacial score (nSPS) is 17.8. The lowest BCUT2D eigenvalue weighted by atomic mass is 9.87. The van der Waals surface area contributed by atoms with Crippen LogP contribution in [0.3, 0.4) is 0 Å². The molecule has 76 valence electrons. The van der Waals surface area contributed by atoms with Gasteiger partial charge in [-0.1, -0.05) is 48.7 Å². The third kappa shape index (κ3) is 1.39. The maximum atomic E-state index is 6.17. The fourth-order valence-electron chi connectivity index (χ4n) is 1.80. The molecule has 0 amide bonds. The molecule has 1 nitrogen and oxygen atoms in total. The predicted octanol–water partition coefficient (Wildman–Crippen LogP) is 4.35. The first-order chi connectivity index (χ1) is 6.43. The molecular weight excluding hydrogens is 240 g/mol. The van der Waals surface area contributed by atoms with E-state index in [2.05, 4.69) is 19.2 Å². The average molecular weight is 251 g/mol. The first kappa shape index (κ1) is 10.4. The van der Waals surface area contributed by atoms with Crippen LogP contribution in [0.5, 0.6) is 0 Å². The summed E-state index contributed by atoms with van der Waals surface area (Å²) in [5, 5.41) is 4.79. The van der Waals surface area contributed by atoms with Gasteiger partial charge in [0.15, 0.2) is 0 Å². The molecule has 0 bridgehead atoms. The van der Waals surface area contributed by atoms with Gasteiger partial charge in [0.05, 0.1) is 15.1 Å². The van der Waals surface area contributed by atoms with Crippen molar-refractivity contribution < 1.29 is 0 Å². The summed E-state index contributed by atoms with van der Waals surface area (Å²) >= 11 is 18.1. The van der Waals surface area contributed by atoms with Crippen molar-refractivity contribution in [2.75, 3.05) is 11.9 Å². The first-order valence-corrected chi connectivity index (χ1v) is 5.49. The molecule has 0 radical (unpaired) electrons. The van der Waals surface area contributed by atoms with Gasteiger partial charge in [0.2, 0.25) is 0 Å². The number of halogens is 3. The smallest absolute Gasteiger partial charge is 0.0783 e. The third-order valence-electron chi connectivity index (χ3n) is 2.56. The molecule has 1 aromatic rings. The van der Waals surface area contributed by atoms with E-state index in [1.807, 2.05) is 6.07 Å². The van der Waals surface area contributed by atoms with Crippen molar-refractivity contribution in [3.8, 4) is 0 Å². The maximum Gasteiger partial charge on any atom is 0.0783 e. The highest BCUT2D eigenvalue weighted by Gasteiger charge is 2.33. The van der Waals surface area contributed by atoms with E-state index in [-0.39, 0.29) is 5.41 Å². The molecule has 0 unspecified atom stereocenters. The van der Waals surface area contributed by atoms with Crippen LogP contribution in [-0.4, -0.2) is 6.54 Å². The summed E-state index contributed by atoms with van der Waals surface area (Å²) in [6.45, 7) is 5.11. The van der Waals surface area contributed by atoms with Crippen molar-refractivity contribution >= 4 is 40.5 Å². The highest BCUT2D eigenvalue weighted by molar-refractivity contribution is 6.48. The van der Waals surface area contributed by atoms with E-state index in [9.17, 15) is 0 Å². The van der Waals surface area contributed by atoms with Crippen molar-refractivity contribution in [3.05, 3.63) is 26.7 Å². The van der Waals surface area contributed by atoms with Gasteiger partial charge in [-0.2, -0.15) is 0 Å². The lowest BCUT2D eigenvalue weighted by Gasteiger charge is -2.19. The van der Waals surface area contributed by atoms with Crippen LogP contribution in [0.15, 0.2) is 6.07 Å². The molecule has 0 spiro atoms. The zero-order valence-corrected chi connectivity index (χ0v) is 10.2. The summed E-state index contributed by atoms with van der Waals surface area (Å²) in [5.74, 6) is 0. The summed E-state index contributed by atoms with van der Waals surface area (Å²) in [6.07, 6.45) is 0. The number of hydrogen-bond acceptors (Lipinski definition) is 1. The Kier molecular flexibility index (Phi) is 2.37. The zero-order chi connectivity index (χ0) is 10.5. The molecule has 1 aromatic carbocycles. The number of benzene rings is 1. The fraction of sp³-hybridized carbons (Fsp3) is 0.400. The van der Waals surface area contributed by atoms with E-state index in [0.29, 0.717) is 15.1 Å². The van der Waals surface area contributed by atoms with Gasteiger partial charge >= 0.3 is 0 Å². The van der Waals surface area contributed by atoms with Crippen LogP contribution >= 0.6 is 34.8 Å². The van der Waals surface area contributed by atoms with Gasteiger partial charge in [0.25, 0.3) is 0 Å². The van der Waals surface area contributed by atoms with Crippen molar-refractivity contribution in [3.63, 3.8) is 0 Å². The first-order valence-electron chi connectivity index (χ1n) is 4.35. The van der Waals surface area contributed by atoms with Gasteiger partial charge < -0.3 is 5.32 Å². The van der Waals surface area contributed by atoms with Crippen LogP contribution in [0.25, 0.3) is 0 Å². The van der Waals surface area contributed by atoms with Crippen molar-refractivity contribution in [1.82, 2.24) is 0 Å². The maximum absolute atomic E-state index is 6.17. The van der Waals surface area contributed by atoms with Gasteiger partial charge in [0.1, 0.15) is 0 Å². The second kappa shape index (κ2) is 3.19. The van der Waals surface area contributed by atoms with Crippen molar-refractivity contribution in [2.24, 2.45) is 0 Å². The van der Waals surface area contributed by atoms with Crippen molar-refractivity contribution in [1.29, 1.82) is 0 Å². The minimum Gasteiger partial charge on any atom is -0.384 e. The predicted molar refractivity (Wildman–Crippen MR) is 63.0 cm³/mol. The molecule has 1 heterocycles. The minimum absolute atomic E-state index is 0.0145. The number of rotatable bonds is 0. The van der Waals surface area contributed by atoms with Crippen LogP contribution in [-0.2, 0) is 5.41 Å². The second-order valence-corrected chi connectivity index (χ2v) is 5.31. The Morgan fingerprint density at radius 3 is 2.50 bits per heavy atom. The van der Waals surface area contributed by atoms with Crippen LogP contribution in [0.4, 0.5) is 5.69 Å². The molecule has 0 saturated heterocycles. The highest BCUT2D eigenvalue weighted by Crippen LogP contribution is 2.46. The summed E-state index contributed by atoms with van der Waals surface area (Å²) < 4.78 is 0. The molecule has 1 N–H and O–H groups in total. The molecule has 0 aromatic heterocycles. The van der Waals surface area contributed by atoms with Gasteiger partial charge in [-0.15, -0.1) is 0 Å². The largest absolute Gasteiger partial charge is 0.384 e. The van der Waals surface area contributed by atoms with Crippen LogP contribution in [0.1, 0.15) is 19.4 Å². The Morgan fingerprint density at radius 2 is 1.86 bits per heavy atom. The molecule has 1 aliphatic heterocycles. The molecule has 0 atom stereocenters. The number of nitrogens with one attached hydrogen (secondary N) is 1. The van der Waals surface area contributed by atoms with Gasteiger partial charge in [-0.3, -0.25) is 0 Å². The van der Waals surface area contributed by atoms with Crippen molar-refractivity contribution in [2.45, 2.75) is 19.3 Å². The Morgan fingerprint density at radius 1 is 1.21 bits per heavy atom. The molecule has 4 heteroatoms. The monoisotopic (exact) mass is 249 g/mol. The second-order valence-electron chi connectivity index (χ2n) is 4.15. The van der Waals surface area contributed by atoms with Gasteiger partial charge in [0, 0.05) is 23.2 Å². The molecule has 0 aliphatic carbocycles. The Labute approximate surface area is 98.3 Å². The number of hydrogen-bond donors (Lipinski definition) is 1. The van der Waals surface area contributed by atoms with E-state index in [0.717, 1.165) is 17.8 Å². The lowest BCUT2D eigenvalue weighted by molar-refractivity contribution is 0.586. The molecule has 14 heavy (non-hydrogen) atoms. The molecule has 0 saturated carbocycles. The van der Waals surface area contributed by atoms with Crippen LogP contribution < -0.4 is 5.32 Å². The van der Waals surface area contributed by atoms with E-state index in [4.69, 9.17) is 34.8 Å². The van der Waals surface area contributed by atoms with E-state index in [1.165, 1.54) is 0 Å². The fourth-order valence-corrected chi connectivity index (χ4v) is 2.66. The number of anilines is 1. The highest BCUT2D eigenvalue weighted by atomic mass is 35.5. The quantitative estimate of drug-likeness (QED) is 0.675. The average Bonchev–Trinajstić information content (AvgIpc) is 2.38. The Bertz CT molecular complexity index is 399. The molecule has 1 aliphatic rings. The van der Waals surface area contributed by atoms with Crippen LogP contribution in [0, 0.1) is 0 Å². The zero-order valence-electron chi connectivity index (χ0n) is 7.92. The van der Waals surface area contributed by atoms with Crippen LogP contribution in [0.2, 0.25) is 15.1 Å². The summed E-state index contributed by atoms with van der Waals surface area (Å²) in [7, 11) is 0. The summed E-state index contributed by atoms with van der Waals surface area (Å²) in [4.78, 5) is 0. The van der Waals surface area contributed by atoms with Gasteiger partial charge in [-0.25, -0.2) is 0 Å². The van der Waals surface area contributed by atoms with Gasteiger partial charge in [-0.05, 0) is 6.07 Å². The number of fused-ring (bicyclic) bond motifs is 1. The molecular formula is C10H10Cl3N. The standard InChI is InChI=1S/C10H10Cl3N/c1-10(2)4-14-6-3-5(11)8(12)9(13)7(6)10/h3,14H,4H2,1-2H3. The topological polar surface area (TPSA) is 12.0 Å². The lowest BCUT2D eigenvalue weighted by Crippen LogP contribution is -2.19. The summed E-state index contributed by atoms with van der Waals surface area (Å²) in [5.41, 5.74) is 2.07. The van der Waals surface area contributed by atoms with E-state index >= 15 is 0 Å². The minimum atomic E-state index is 0.0145. The molecule has 0 fully saturated rings. The van der Waals surface area contributed by atoms with E-state index in [1.54, 1.807) is 0 Å².